The van der Waals surface area contributed by atoms with Crippen LogP contribution in [0.1, 0.15) is 18.1 Å². The molecule has 0 fully saturated rings. The van der Waals surface area contributed by atoms with Gasteiger partial charge in [0.05, 0.1) is 5.52 Å². The third-order valence-corrected chi connectivity index (χ3v) is 4.29. The summed E-state index contributed by atoms with van der Waals surface area (Å²) in [6, 6.07) is 17.6. The third kappa shape index (κ3) is 3.48. The monoisotopic (exact) mass is 354 g/mol. The van der Waals surface area contributed by atoms with E-state index in [1.165, 1.54) is 6.92 Å². The van der Waals surface area contributed by atoms with E-state index in [4.69, 9.17) is 5.73 Å². The summed E-state index contributed by atoms with van der Waals surface area (Å²) in [6.07, 6.45) is 5.80. The number of nitrogen functional groups attached to an aromatic ring is 1. The maximum Gasteiger partial charge on any atom is 0.221 e. The van der Waals surface area contributed by atoms with Gasteiger partial charge in [-0.2, -0.15) is 0 Å². The summed E-state index contributed by atoms with van der Waals surface area (Å²) in [5.74, 6) is 0.356. The minimum absolute atomic E-state index is 0.0819. The zero-order valence-corrected chi connectivity index (χ0v) is 14.8. The van der Waals surface area contributed by atoms with Gasteiger partial charge in [-0.05, 0) is 35.4 Å². The molecule has 0 radical (unpaired) electrons. The smallest absolute Gasteiger partial charge is 0.221 e. The third-order valence-electron chi connectivity index (χ3n) is 4.29. The number of anilines is 2. The highest BCUT2D eigenvalue weighted by Crippen LogP contribution is 2.27. The van der Waals surface area contributed by atoms with Gasteiger partial charge in [-0.3, -0.25) is 9.78 Å². The Kier molecular flexibility index (Phi) is 4.26. The molecule has 0 saturated heterocycles. The highest BCUT2D eigenvalue weighted by Gasteiger charge is 2.07. The lowest BCUT2D eigenvalue weighted by Crippen LogP contribution is -2.05. The summed E-state index contributed by atoms with van der Waals surface area (Å²) in [5.41, 5.74) is 10.4. The predicted octanol–water partition coefficient (Wildman–Crippen LogP) is 4.49. The van der Waals surface area contributed by atoms with Crippen molar-refractivity contribution in [1.29, 1.82) is 0 Å². The largest absolute Gasteiger partial charge is 0.382 e. The number of amides is 1. The standard InChI is InChI=1S/C22H18N4O/c1-14(27)25-17-10-8-15(9-11-17)6-7-16-12-19-18-4-2-3-5-20(18)26-22(23)21(19)24-13-16/h2-13H,1H3,(H2,23,26)(H,25,27). The van der Waals surface area contributed by atoms with E-state index in [1.54, 1.807) is 6.20 Å². The molecule has 1 amide bonds. The number of carbonyl (C=O) groups is 1. The molecule has 0 aliphatic rings. The van der Waals surface area contributed by atoms with Crippen molar-refractivity contribution in [3.05, 3.63) is 71.9 Å². The van der Waals surface area contributed by atoms with Crippen molar-refractivity contribution in [3.63, 3.8) is 0 Å². The summed E-state index contributed by atoms with van der Waals surface area (Å²) in [6.45, 7) is 1.49. The van der Waals surface area contributed by atoms with Crippen LogP contribution in [-0.2, 0) is 4.79 Å². The van der Waals surface area contributed by atoms with Gasteiger partial charge < -0.3 is 11.1 Å². The second-order valence-electron chi connectivity index (χ2n) is 6.32. The lowest BCUT2D eigenvalue weighted by molar-refractivity contribution is -0.114. The quantitative estimate of drug-likeness (QED) is 0.531. The average Bonchev–Trinajstić information content (AvgIpc) is 2.67. The van der Waals surface area contributed by atoms with Crippen LogP contribution in [0, 0.1) is 0 Å². The highest BCUT2D eigenvalue weighted by molar-refractivity contribution is 6.08. The van der Waals surface area contributed by atoms with Crippen molar-refractivity contribution >= 4 is 51.4 Å². The van der Waals surface area contributed by atoms with Gasteiger partial charge in [0, 0.05) is 29.6 Å². The first-order valence-corrected chi connectivity index (χ1v) is 8.60. The van der Waals surface area contributed by atoms with Crippen molar-refractivity contribution in [2.24, 2.45) is 0 Å². The number of aromatic nitrogens is 2. The van der Waals surface area contributed by atoms with Crippen LogP contribution in [0.25, 0.3) is 34.0 Å². The summed E-state index contributed by atoms with van der Waals surface area (Å²) in [5, 5.41) is 4.78. The molecule has 0 saturated carbocycles. The van der Waals surface area contributed by atoms with Crippen LogP contribution in [0.3, 0.4) is 0 Å². The first-order valence-electron chi connectivity index (χ1n) is 8.60. The van der Waals surface area contributed by atoms with E-state index in [1.807, 2.05) is 60.7 Å². The molecule has 27 heavy (non-hydrogen) atoms. The second kappa shape index (κ2) is 6.88. The molecule has 4 aromatic rings. The van der Waals surface area contributed by atoms with Gasteiger partial charge in [-0.15, -0.1) is 0 Å². The summed E-state index contributed by atoms with van der Waals surface area (Å²) in [7, 11) is 0. The Morgan fingerprint density at radius 1 is 1.00 bits per heavy atom. The molecule has 0 bridgehead atoms. The van der Waals surface area contributed by atoms with Gasteiger partial charge in [-0.25, -0.2) is 4.98 Å². The lowest BCUT2D eigenvalue weighted by Gasteiger charge is -2.06. The van der Waals surface area contributed by atoms with Crippen LogP contribution in [-0.4, -0.2) is 15.9 Å². The molecule has 0 aliphatic carbocycles. The van der Waals surface area contributed by atoms with Gasteiger partial charge in [0.25, 0.3) is 0 Å². The van der Waals surface area contributed by atoms with Crippen LogP contribution in [0.2, 0.25) is 0 Å². The molecule has 3 N–H and O–H groups in total. The maximum absolute atomic E-state index is 11.1. The normalized spacial score (nSPS) is 11.3. The van der Waals surface area contributed by atoms with E-state index in [0.717, 1.165) is 33.1 Å². The minimum Gasteiger partial charge on any atom is -0.382 e. The van der Waals surface area contributed by atoms with Crippen LogP contribution in [0.15, 0.2) is 60.8 Å². The Hall–Kier alpha value is -3.73. The molecule has 0 atom stereocenters. The number of fused-ring (bicyclic) bond motifs is 3. The Bertz CT molecular complexity index is 1180. The molecule has 5 heteroatoms. The van der Waals surface area contributed by atoms with Crippen molar-refractivity contribution in [3.8, 4) is 0 Å². The zero-order valence-electron chi connectivity index (χ0n) is 14.8. The van der Waals surface area contributed by atoms with Gasteiger partial charge in [0.1, 0.15) is 5.52 Å². The Morgan fingerprint density at radius 2 is 1.74 bits per heavy atom. The number of para-hydroxylation sites is 1. The Balaban J connectivity index is 1.69. The summed E-state index contributed by atoms with van der Waals surface area (Å²) >= 11 is 0. The number of nitrogens with two attached hydrogens (primary N) is 1. The van der Waals surface area contributed by atoms with Crippen molar-refractivity contribution in [2.45, 2.75) is 6.92 Å². The van der Waals surface area contributed by atoms with Crippen molar-refractivity contribution in [2.75, 3.05) is 11.1 Å². The number of pyridine rings is 2. The fourth-order valence-corrected chi connectivity index (χ4v) is 3.04. The number of rotatable bonds is 3. The van der Waals surface area contributed by atoms with Gasteiger partial charge in [0.2, 0.25) is 5.91 Å². The lowest BCUT2D eigenvalue weighted by atomic mass is 10.1. The zero-order chi connectivity index (χ0) is 18.8. The van der Waals surface area contributed by atoms with Crippen molar-refractivity contribution < 1.29 is 4.79 Å². The van der Waals surface area contributed by atoms with Crippen LogP contribution in [0.5, 0.6) is 0 Å². The SMILES string of the molecule is CC(=O)Nc1ccc(C=Cc2cnc3c(N)nc4ccccc4c3c2)cc1. The molecule has 4 rings (SSSR count). The molecule has 0 unspecified atom stereocenters. The number of benzene rings is 2. The topological polar surface area (TPSA) is 80.9 Å². The van der Waals surface area contributed by atoms with Crippen molar-refractivity contribution in [1.82, 2.24) is 9.97 Å². The molecule has 132 valence electrons. The van der Waals surface area contributed by atoms with E-state index in [-0.39, 0.29) is 5.91 Å². The van der Waals surface area contributed by atoms with E-state index < -0.39 is 0 Å². The number of nitrogens with one attached hydrogen (secondary N) is 1. The van der Waals surface area contributed by atoms with E-state index >= 15 is 0 Å². The number of hydrogen-bond donors (Lipinski definition) is 2. The maximum atomic E-state index is 11.1. The average molecular weight is 354 g/mol. The predicted molar refractivity (Wildman–Crippen MR) is 111 cm³/mol. The molecule has 5 nitrogen and oxygen atoms in total. The Labute approximate surface area is 156 Å². The first-order chi connectivity index (χ1) is 13.1. The number of hydrogen-bond acceptors (Lipinski definition) is 4. The molecular formula is C22H18N4O. The fourth-order valence-electron chi connectivity index (χ4n) is 3.04. The molecule has 2 aromatic carbocycles. The summed E-state index contributed by atoms with van der Waals surface area (Å²) in [4.78, 5) is 20.0. The molecule has 0 aliphatic heterocycles. The van der Waals surface area contributed by atoms with Gasteiger partial charge >= 0.3 is 0 Å². The number of nitrogens with zero attached hydrogens (tertiary/aromatic N) is 2. The second-order valence-corrected chi connectivity index (χ2v) is 6.32. The fraction of sp³-hybridized carbons (Fsp3) is 0.0455. The van der Waals surface area contributed by atoms with Crippen LogP contribution < -0.4 is 11.1 Å². The first kappa shape index (κ1) is 16.7. The van der Waals surface area contributed by atoms with E-state index in [9.17, 15) is 4.79 Å². The molecule has 0 spiro atoms. The molecule has 2 aromatic heterocycles. The van der Waals surface area contributed by atoms with E-state index in [0.29, 0.717) is 11.3 Å². The Morgan fingerprint density at radius 3 is 2.52 bits per heavy atom. The van der Waals surface area contributed by atoms with Gasteiger partial charge in [-0.1, -0.05) is 42.5 Å². The summed E-state index contributed by atoms with van der Waals surface area (Å²) < 4.78 is 0. The number of carbonyl (C=O) groups excluding carboxylic acids is 1. The highest BCUT2D eigenvalue weighted by atomic mass is 16.1. The van der Waals surface area contributed by atoms with E-state index in [2.05, 4.69) is 21.4 Å². The molecule has 2 heterocycles. The van der Waals surface area contributed by atoms with Gasteiger partial charge in [0.15, 0.2) is 5.82 Å². The minimum atomic E-state index is -0.0819. The van der Waals surface area contributed by atoms with Crippen LogP contribution in [0.4, 0.5) is 11.5 Å². The molecular weight excluding hydrogens is 336 g/mol. The van der Waals surface area contributed by atoms with Crippen LogP contribution >= 0.6 is 0 Å².